The summed E-state index contributed by atoms with van der Waals surface area (Å²) in [6.45, 7) is 5.68. The molecule has 3 fully saturated rings. The summed E-state index contributed by atoms with van der Waals surface area (Å²) in [5, 5.41) is 2.87. The monoisotopic (exact) mass is 508 g/mol. The van der Waals surface area contributed by atoms with Gasteiger partial charge >= 0.3 is 0 Å². The molecule has 1 N–H and O–H groups in total. The summed E-state index contributed by atoms with van der Waals surface area (Å²) in [7, 11) is 0. The summed E-state index contributed by atoms with van der Waals surface area (Å²) in [6.07, 6.45) is 5.22. The predicted molar refractivity (Wildman–Crippen MR) is 133 cm³/mol. The number of ether oxygens (including phenoxy) is 2. The third kappa shape index (κ3) is 4.33. The van der Waals surface area contributed by atoms with Gasteiger partial charge in [0.2, 0.25) is 11.7 Å². The molecule has 3 saturated heterocycles. The Bertz CT molecular complexity index is 1370. The molecule has 1 aromatic carbocycles. The lowest BCUT2D eigenvalue weighted by Gasteiger charge is -2.34. The van der Waals surface area contributed by atoms with Crippen LogP contribution in [0.4, 0.5) is 26.1 Å². The van der Waals surface area contributed by atoms with E-state index in [-0.39, 0.29) is 48.0 Å². The Kier molecular flexibility index (Phi) is 6.07. The number of nitrogens with one attached hydrogen (secondary N) is 1. The molecule has 2 bridgehead atoms. The normalized spacial score (nSPS) is 22.6. The van der Waals surface area contributed by atoms with E-state index in [0.717, 1.165) is 19.3 Å². The van der Waals surface area contributed by atoms with Crippen LogP contribution in [0, 0.1) is 11.6 Å². The number of likely N-dealkylation sites (tertiary alicyclic amines) is 1. The summed E-state index contributed by atoms with van der Waals surface area (Å²) >= 11 is 0. The molecule has 3 aromatic rings. The van der Waals surface area contributed by atoms with Gasteiger partial charge in [-0.05, 0) is 49.6 Å². The van der Waals surface area contributed by atoms with E-state index in [0.29, 0.717) is 36.5 Å². The fourth-order valence-corrected chi connectivity index (χ4v) is 5.34. The molecule has 1 amide bonds. The minimum Gasteiger partial charge on any atom is -0.488 e. The van der Waals surface area contributed by atoms with Crippen LogP contribution in [0.15, 0.2) is 43.2 Å². The maximum atomic E-state index is 14.9. The van der Waals surface area contributed by atoms with Gasteiger partial charge in [-0.15, -0.1) is 0 Å². The van der Waals surface area contributed by atoms with Crippen molar-refractivity contribution < 1.29 is 23.0 Å². The van der Waals surface area contributed by atoms with Crippen molar-refractivity contribution in [2.45, 2.75) is 37.5 Å². The number of amides is 1. The number of carbonyl (C=O) groups is 1. The summed E-state index contributed by atoms with van der Waals surface area (Å²) in [4.78, 5) is 29.4. The highest BCUT2D eigenvalue weighted by atomic mass is 19.2. The van der Waals surface area contributed by atoms with Crippen molar-refractivity contribution in [2.24, 2.45) is 0 Å². The first kappa shape index (κ1) is 23.5. The number of pyridine rings is 1. The number of nitrogens with zero attached hydrogens (tertiary/aromatic N) is 5. The Labute approximate surface area is 212 Å². The molecule has 0 spiro atoms. The fourth-order valence-electron chi connectivity index (χ4n) is 5.34. The molecule has 0 radical (unpaired) electrons. The molecular weight excluding hydrogens is 482 g/mol. The van der Waals surface area contributed by atoms with Crippen molar-refractivity contribution in [3.8, 4) is 5.75 Å². The van der Waals surface area contributed by atoms with Gasteiger partial charge in [0.25, 0.3) is 0 Å². The average molecular weight is 509 g/mol. The Morgan fingerprint density at radius 1 is 1.19 bits per heavy atom. The Hall–Kier alpha value is -3.86. The third-order valence-electron chi connectivity index (χ3n) is 7.21. The second-order valence-electron chi connectivity index (χ2n) is 9.46. The third-order valence-corrected chi connectivity index (χ3v) is 7.21. The molecule has 37 heavy (non-hydrogen) atoms. The van der Waals surface area contributed by atoms with Crippen LogP contribution in [0.25, 0.3) is 11.0 Å². The van der Waals surface area contributed by atoms with E-state index in [1.165, 1.54) is 24.5 Å². The fraction of sp³-hybridized carbons (Fsp3) is 0.385. The van der Waals surface area contributed by atoms with Crippen molar-refractivity contribution in [3.05, 3.63) is 54.9 Å². The van der Waals surface area contributed by atoms with E-state index < -0.39 is 11.6 Å². The van der Waals surface area contributed by atoms with Crippen LogP contribution in [-0.4, -0.2) is 70.2 Å². The second-order valence-corrected chi connectivity index (χ2v) is 9.46. The molecule has 3 aliphatic heterocycles. The first-order valence-electron chi connectivity index (χ1n) is 12.3. The Balaban J connectivity index is 1.23. The van der Waals surface area contributed by atoms with Crippen LogP contribution in [0.1, 0.15) is 19.3 Å². The number of hydrogen-bond donors (Lipinski definition) is 1. The lowest BCUT2D eigenvalue weighted by molar-refractivity contribution is -0.127. The highest BCUT2D eigenvalue weighted by Crippen LogP contribution is 2.35. The maximum Gasteiger partial charge on any atom is 0.246 e. The standard InChI is InChI=1S/C26H26F2N6O3/c1-2-22(35)34-12-15-10-16(34)11-33(15)21-8-6-19-25(32-21)26(30-14-29-19)31-18-5-7-20(24(28)23(18)27)37-13-17-4-3-9-36-17/h2,5-8,14-17H,1,3-4,9-13H2,(H,29,30,31)/t15-,16-,17+/m0/s1. The lowest BCUT2D eigenvalue weighted by atomic mass is 10.2. The zero-order chi connectivity index (χ0) is 25.5. The van der Waals surface area contributed by atoms with Crippen LogP contribution in [0.2, 0.25) is 0 Å². The number of anilines is 3. The first-order valence-corrected chi connectivity index (χ1v) is 12.3. The molecule has 11 heteroatoms. The van der Waals surface area contributed by atoms with E-state index in [1.807, 2.05) is 17.0 Å². The van der Waals surface area contributed by atoms with E-state index >= 15 is 0 Å². The van der Waals surface area contributed by atoms with Gasteiger partial charge in [0, 0.05) is 19.7 Å². The van der Waals surface area contributed by atoms with Gasteiger partial charge in [0.05, 0.1) is 29.4 Å². The largest absolute Gasteiger partial charge is 0.488 e. The van der Waals surface area contributed by atoms with Gasteiger partial charge in [-0.3, -0.25) is 4.79 Å². The van der Waals surface area contributed by atoms with Crippen molar-refractivity contribution in [1.29, 1.82) is 0 Å². The van der Waals surface area contributed by atoms with E-state index in [4.69, 9.17) is 14.5 Å². The number of rotatable bonds is 7. The minimum atomic E-state index is -1.08. The number of piperazine rings is 1. The molecular formula is C26H26F2N6O3. The molecule has 9 nitrogen and oxygen atoms in total. The maximum absolute atomic E-state index is 14.9. The van der Waals surface area contributed by atoms with Crippen LogP contribution in [0.5, 0.6) is 5.75 Å². The summed E-state index contributed by atoms with van der Waals surface area (Å²) in [5.41, 5.74) is 0.903. The minimum absolute atomic E-state index is 0.0592. The molecule has 0 unspecified atom stereocenters. The molecule has 0 saturated carbocycles. The number of halogens is 2. The predicted octanol–water partition coefficient (Wildman–Crippen LogP) is 3.58. The zero-order valence-corrected chi connectivity index (χ0v) is 20.1. The Morgan fingerprint density at radius 3 is 2.84 bits per heavy atom. The highest BCUT2D eigenvalue weighted by molar-refractivity contribution is 5.89. The van der Waals surface area contributed by atoms with Gasteiger partial charge in [-0.1, -0.05) is 6.58 Å². The van der Waals surface area contributed by atoms with Gasteiger partial charge in [0.15, 0.2) is 17.4 Å². The summed E-state index contributed by atoms with van der Waals surface area (Å²) in [6, 6.07) is 6.74. The van der Waals surface area contributed by atoms with E-state index in [1.54, 1.807) is 0 Å². The summed E-state index contributed by atoms with van der Waals surface area (Å²) < 4.78 is 40.6. The number of fused-ring (bicyclic) bond motifs is 3. The van der Waals surface area contributed by atoms with Crippen molar-refractivity contribution in [2.75, 3.05) is 36.5 Å². The Morgan fingerprint density at radius 2 is 2.08 bits per heavy atom. The summed E-state index contributed by atoms with van der Waals surface area (Å²) in [5.74, 6) is -1.41. The van der Waals surface area contributed by atoms with Gasteiger partial charge in [-0.25, -0.2) is 19.3 Å². The van der Waals surface area contributed by atoms with Crippen LogP contribution in [-0.2, 0) is 9.53 Å². The van der Waals surface area contributed by atoms with E-state index in [9.17, 15) is 13.6 Å². The molecule has 5 heterocycles. The molecule has 3 aliphatic rings. The second kappa shape index (κ2) is 9.55. The lowest BCUT2D eigenvalue weighted by Crippen LogP contribution is -2.48. The molecule has 0 aliphatic carbocycles. The number of carbonyl (C=O) groups excluding carboxylic acids is 1. The smallest absolute Gasteiger partial charge is 0.246 e. The van der Waals surface area contributed by atoms with Crippen LogP contribution >= 0.6 is 0 Å². The topological polar surface area (TPSA) is 92.7 Å². The highest BCUT2D eigenvalue weighted by Gasteiger charge is 2.45. The van der Waals surface area contributed by atoms with Gasteiger partial charge in [0.1, 0.15) is 24.3 Å². The number of benzene rings is 1. The SMILES string of the molecule is C=CC(=O)N1C[C@@H]2C[C@H]1CN2c1ccc2ncnc(Nc3ccc(OC[C@H]4CCCO4)c(F)c3F)c2n1. The molecule has 192 valence electrons. The number of aromatic nitrogens is 3. The first-order chi connectivity index (χ1) is 18.0. The van der Waals surface area contributed by atoms with Gasteiger partial charge in [-0.2, -0.15) is 4.39 Å². The van der Waals surface area contributed by atoms with Gasteiger partial charge < -0.3 is 24.6 Å². The zero-order valence-electron chi connectivity index (χ0n) is 20.1. The molecule has 2 aromatic heterocycles. The quantitative estimate of drug-likeness (QED) is 0.485. The van der Waals surface area contributed by atoms with Crippen LogP contribution < -0.4 is 15.0 Å². The van der Waals surface area contributed by atoms with Crippen molar-refractivity contribution in [3.63, 3.8) is 0 Å². The molecule has 6 rings (SSSR count). The average Bonchev–Trinajstić information content (AvgIpc) is 3.68. The number of hydrogen-bond acceptors (Lipinski definition) is 8. The van der Waals surface area contributed by atoms with Crippen LogP contribution in [0.3, 0.4) is 0 Å². The van der Waals surface area contributed by atoms with Crippen molar-refractivity contribution >= 4 is 34.3 Å². The van der Waals surface area contributed by atoms with Crippen molar-refractivity contribution in [1.82, 2.24) is 19.9 Å². The van der Waals surface area contributed by atoms with E-state index in [2.05, 4.69) is 26.8 Å². The molecule has 3 atom stereocenters.